The van der Waals surface area contributed by atoms with Gasteiger partial charge in [-0.15, -0.1) is 0 Å². The Labute approximate surface area is 106 Å². The summed E-state index contributed by atoms with van der Waals surface area (Å²) in [7, 11) is -5.57. The van der Waals surface area contributed by atoms with Crippen molar-refractivity contribution in [2.24, 2.45) is 5.92 Å². The summed E-state index contributed by atoms with van der Waals surface area (Å²) in [5.74, 6) is -1.04. The molecule has 0 bridgehead atoms. The second-order valence-corrected chi connectivity index (χ2v) is 5.75. The number of amides is 1. The number of hydrogen-bond donors (Lipinski definition) is 3. The second-order valence-electron chi connectivity index (χ2n) is 4.07. The smallest absolute Gasteiger partial charge is 0.423 e. The van der Waals surface area contributed by atoms with Crippen LogP contribution in [-0.2, 0) is 14.8 Å². The van der Waals surface area contributed by atoms with E-state index < -0.39 is 29.0 Å². The Morgan fingerprint density at radius 1 is 1.22 bits per heavy atom. The Bertz CT molecular complexity index is 524. The standard InChI is InChI=1S/C10H14BNO5S/c1-7(2)10(13)12-18(16,17)9-5-3-8(4-6-9)11(14)15/h3-7,14-15H,1-2H3,(H,12,13). The number of carbonyl (C=O) groups is 1. The number of sulfonamides is 1. The minimum Gasteiger partial charge on any atom is -0.423 e. The summed E-state index contributed by atoms with van der Waals surface area (Å²) >= 11 is 0. The molecule has 0 atom stereocenters. The van der Waals surface area contributed by atoms with Gasteiger partial charge in [-0.25, -0.2) is 13.1 Å². The topological polar surface area (TPSA) is 104 Å². The lowest BCUT2D eigenvalue weighted by atomic mass is 9.81. The van der Waals surface area contributed by atoms with E-state index in [1.165, 1.54) is 24.3 Å². The zero-order chi connectivity index (χ0) is 13.9. The molecular weight excluding hydrogens is 257 g/mol. The predicted molar refractivity (Wildman–Crippen MR) is 66.4 cm³/mol. The van der Waals surface area contributed by atoms with Gasteiger partial charge in [0, 0.05) is 5.92 Å². The molecule has 0 aromatic heterocycles. The summed E-state index contributed by atoms with van der Waals surface area (Å²) in [6.45, 7) is 3.16. The molecule has 0 radical (unpaired) electrons. The van der Waals surface area contributed by atoms with E-state index in [-0.39, 0.29) is 10.4 Å². The molecule has 0 aliphatic carbocycles. The lowest BCUT2D eigenvalue weighted by Crippen LogP contribution is -2.34. The second kappa shape index (κ2) is 5.51. The Kier molecular flexibility index (Phi) is 4.50. The maximum Gasteiger partial charge on any atom is 0.488 e. The van der Waals surface area contributed by atoms with Crippen LogP contribution in [0.25, 0.3) is 0 Å². The molecule has 1 aromatic rings. The van der Waals surface area contributed by atoms with Crippen LogP contribution in [0.3, 0.4) is 0 Å². The fraction of sp³-hybridized carbons (Fsp3) is 0.300. The first-order chi connectivity index (χ1) is 8.24. The number of hydrogen-bond acceptors (Lipinski definition) is 5. The van der Waals surface area contributed by atoms with Crippen LogP contribution in [0.4, 0.5) is 0 Å². The van der Waals surface area contributed by atoms with Crippen LogP contribution in [-0.4, -0.2) is 31.5 Å². The van der Waals surface area contributed by atoms with Crippen LogP contribution in [0.15, 0.2) is 29.2 Å². The molecule has 98 valence electrons. The zero-order valence-electron chi connectivity index (χ0n) is 9.99. The minimum absolute atomic E-state index is 0.110. The normalized spacial score (nSPS) is 11.4. The predicted octanol–water partition coefficient (Wildman–Crippen LogP) is -1.17. The van der Waals surface area contributed by atoms with Crippen LogP contribution < -0.4 is 10.2 Å². The zero-order valence-corrected chi connectivity index (χ0v) is 10.8. The quantitative estimate of drug-likeness (QED) is 0.598. The summed E-state index contributed by atoms with van der Waals surface area (Å²) in [4.78, 5) is 11.2. The molecule has 0 spiro atoms. The SMILES string of the molecule is CC(C)C(=O)NS(=O)(=O)c1ccc(B(O)O)cc1. The van der Waals surface area contributed by atoms with E-state index in [1.807, 2.05) is 4.72 Å². The first-order valence-electron chi connectivity index (χ1n) is 5.27. The molecular formula is C10H14BNO5S. The third-order valence-electron chi connectivity index (χ3n) is 2.25. The van der Waals surface area contributed by atoms with Gasteiger partial charge < -0.3 is 10.0 Å². The molecule has 0 saturated carbocycles. The number of rotatable bonds is 4. The van der Waals surface area contributed by atoms with Gasteiger partial charge in [0.1, 0.15) is 0 Å². The molecule has 1 rings (SSSR count). The average Bonchev–Trinajstić information content (AvgIpc) is 2.28. The maximum absolute atomic E-state index is 11.8. The van der Waals surface area contributed by atoms with E-state index in [9.17, 15) is 13.2 Å². The molecule has 8 heteroatoms. The van der Waals surface area contributed by atoms with Gasteiger partial charge in [-0.05, 0) is 17.6 Å². The average molecular weight is 271 g/mol. The molecule has 0 unspecified atom stereocenters. The third kappa shape index (κ3) is 3.56. The summed E-state index contributed by atoms with van der Waals surface area (Å²) in [5.41, 5.74) is 0.170. The highest BCUT2D eigenvalue weighted by Gasteiger charge is 2.20. The largest absolute Gasteiger partial charge is 0.488 e. The lowest BCUT2D eigenvalue weighted by Gasteiger charge is -2.09. The minimum atomic E-state index is -3.91. The molecule has 0 fully saturated rings. The van der Waals surface area contributed by atoms with Crippen LogP contribution in [0.1, 0.15) is 13.8 Å². The summed E-state index contributed by atoms with van der Waals surface area (Å²) in [6, 6.07) is 4.92. The van der Waals surface area contributed by atoms with E-state index in [0.717, 1.165) is 0 Å². The van der Waals surface area contributed by atoms with Crippen molar-refractivity contribution in [1.82, 2.24) is 4.72 Å². The highest BCUT2D eigenvalue weighted by molar-refractivity contribution is 7.90. The van der Waals surface area contributed by atoms with Crippen molar-refractivity contribution in [3.05, 3.63) is 24.3 Å². The van der Waals surface area contributed by atoms with Crippen molar-refractivity contribution in [2.75, 3.05) is 0 Å². The summed E-state index contributed by atoms with van der Waals surface area (Å²) in [5, 5.41) is 17.7. The van der Waals surface area contributed by atoms with Gasteiger partial charge in [0.25, 0.3) is 10.0 Å². The Morgan fingerprint density at radius 2 is 1.72 bits per heavy atom. The van der Waals surface area contributed by atoms with Gasteiger partial charge in [0.05, 0.1) is 4.90 Å². The molecule has 1 amide bonds. The molecule has 1 aromatic carbocycles. The molecule has 0 saturated heterocycles. The highest BCUT2D eigenvalue weighted by Crippen LogP contribution is 2.07. The van der Waals surface area contributed by atoms with Gasteiger partial charge in [0.15, 0.2) is 0 Å². The number of nitrogens with one attached hydrogen (secondary N) is 1. The van der Waals surface area contributed by atoms with Crippen molar-refractivity contribution < 1.29 is 23.3 Å². The first-order valence-corrected chi connectivity index (χ1v) is 6.75. The molecule has 3 N–H and O–H groups in total. The van der Waals surface area contributed by atoms with Crippen LogP contribution in [0.5, 0.6) is 0 Å². The molecule has 6 nitrogen and oxygen atoms in total. The van der Waals surface area contributed by atoms with Crippen molar-refractivity contribution >= 4 is 28.5 Å². The lowest BCUT2D eigenvalue weighted by molar-refractivity contribution is -0.122. The van der Waals surface area contributed by atoms with E-state index in [1.54, 1.807) is 13.8 Å². The maximum atomic E-state index is 11.8. The fourth-order valence-corrected chi connectivity index (χ4v) is 2.24. The molecule has 0 aliphatic heterocycles. The fourth-order valence-electron chi connectivity index (χ4n) is 1.13. The number of benzene rings is 1. The Balaban J connectivity index is 2.96. The van der Waals surface area contributed by atoms with Crippen molar-refractivity contribution in [1.29, 1.82) is 0 Å². The van der Waals surface area contributed by atoms with Crippen LogP contribution >= 0.6 is 0 Å². The van der Waals surface area contributed by atoms with Crippen molar-refractivity contribution in [2.45, 2.75) is 18.7 Å². The van der Waals surface area contributed by atoms with Crippen LogP contribution in [0.2, 0.25) is 0 Å². The summed E-state index contributed by atoms with van der Waals surface area (Å²) < 4.78 is 25.5. The van der Waals surface area contributed by atoms with Gasteiger partial charge in [-0.1, -0.05) is 26.0 Å². The van der Waals surface area contributed by atoms with Crippen molar-refractivity contribution in [3.63, 3.8) is 0 Å². The van der Waals surface area contributed by atoms with E-state index in [4.69, 9.17) is 10.0 Å². The van der Waals surface area contributed by atoms with Gasteiger partial charge in [0.2, 0.25) is 5.91 Å². The van der Waals surface area contributed by atoms with E-state index in [0.29, 0.717) is 0 Å². The van der Waals surface area contributed by atoms with Gasteiger partial charge in [-0.3, -0.25) is 4.79 Å². The van der Waals surface area contributed by atoms with Crippen molar-refractivity contribution in [3.8, 4) is 0 Å². The summed E-state index contributed by atoms with van der Waals surface area (Å²) in [6.07, 6.45) is 0. The van der Waals surface area contributed by atoms with Gasteiger partial charge >= 0.3 is 7.12 Å². The Morgan fingerprint density at radius 3 is 2.11 bits per heavy atom. The third-order valence-corrected chi connectivity index (χ3v) is 3.61. The Hall–Kier alpha value is -1.38. The van der Waals surface area contributed by atoms with E-state index >= 15 is 0 Å². The highest BCUT2D eigenvalue weighted by atomic mass is 32.2. The molecule has 0 aliphatic rings. The first kappa shape index (κ1) is 14.7. The van der Waals surface area contributed by atoms with E-state index in [2.05, 4.69) is 0 Å². The monoisotopic (exact) mass is 271 g/mol. The van der Waals surface area contributed by atoms with Crippen LogP contribution in [0, 0.1) is 5.92 Å². The molecule has 0 heterocycles. The van der Waals surface area contributed by atoms with Gasteiger partial charge in [-0.2, -0.15) is 0 Å². The number of carbonyl (C=O) groups excluding carboxylic acids is 1. The molecule has 18 heavy (non-hydrogen) atoms.